The second-order valence-corrected chi connectivity index (χ2v) is 10.5. The number of rotatable bonds is 9. The lowest BCUT2D eigenvalue weighted by Crippen LogP contribution is -2.12. The summed E-state index contributed by atoms with van der Waals surface area (Å²) in [7, 11) is -3.72. The molecular formula is C21H16ClN5O3S3. The van der Waals surface area contributed by atoms with Crippen molar-refractivity contribution < 1.29 is 13.2 Å². The first-order valence-electron chi connectivity index (χ1n) is 9.43. The summed E-state index contributed by atoms with van der Waals surface area (Å²) in [5.41, 5.74) is 1.22. The molecular weight excluding hydrogens is 502 g/mol. The Morgan fingerprint density at radius 3 is 2.45 bits per heavy atom. The number of thioether (sulfide) groups is 1. The lowest BCUT2D eigenvalue weighted by atomic mass is 10.1. The molecule has 0 atom stereocenters. The average molecular weight is 518 g/mol. The average Bonchev–Trinajstić information content (AvgIpc) is 3.31. The predicted molar refractivity (Wildman–Crippen MR) is 131 cm³/mol. The standard InChI is InChI=1S/C21H16ClN5O3S3/c22-15-3-1-14(2-4-15)18(28)13-32-20-23-10-9-19(26-20)25-16-5-7-17(8-6-16)33(29,30)27-21-24-11-12-31-21/h1-12H,13H2,(H,24,27)(H,23,25,26). The van der Waals surface area contributed by atoms with Crippen LogP contribution in [0.1, 0.15) is 10.4 Å². The van der Waals surface area contributed by atoms with Crippen LogP contribution in [0.3, 0.4) is 0 Å². The molecule has 4 rings (SSSR count). The highest BCUT2D eigenvalue weighted by molar-refractivity contribution is 7.99. The molecule has 0 aliphatic rings. The van der Waals surface area contributed by atoms with E-state index in [4.69, 9.17) is 11.6 Å². The highest BCUT2D eigenvalue weighted by atomic mass is 35.5. The Bertz CT molecular complexity index is 1350. The Morgan fingerprint density at radius 1 is 1.00 bits per heavy atom. The van der Waals surface area contributed by atoms with Gasteiger partial charge in [0.05, 0.1) is 10.6 Å². The number of carbonyl (C=O) groups excluding carboxylic acids is 1. The molecule has 0 aliphatic heterocycles. The van der Waals surface area contributed by atoms with Crippen molar-refractivity contribution in [1.82, 2.24) is 15.0 Å². The predicted octanol–water partition coefficient (Wildman–Crippen LogP) is 5.11. The molecule has 0 aliphatic carbocycles. The number of Topliss-reactive ketones (excluding diaryl/α,β-unsaturated/α-hetero) is 1. The highest BCUT2D eigenvalue weighted by Gasteiger charge is 2.15. The first kappa shape index (κ1) is 23.2. The lowest BCUT2D eigenvalue weighted by Gasteiger charge is -2.09. The number of hydrogen-bond acceptors (Lipinski definition) is 9. The van der Waals surface area contributed by atoms with Crippen LogP contribution in [0.2, 0.25) is 5.02 Å². The maximum absolute atomic E-state index is 12.4. The molecule has 33 heavy (non-hydrogen) atoms. The van der Waals surface area contributed by atoms with E-state index in [1.54, 1.807) is 54.0 Å². The van der Waals surface area contributed by atoms with Crippen LogP contribution in [0.4, 0.5) is 16.6 Å². The van der Waals surface area contributed by atoms with Gasteiger partial charge in [0.15, 0.2) is 16.1 Å². The molecule has 2 N–H and O–H groups in total. The first-order chi connectivity index (χ1) is 15.9. The molecule has 12 heteroatoms. The number of aromatic nitrogens is 3. The Labute approximate surface area is 203 Å². The van der Waals surface area contributed by atoms with Gasteiger partial charge in [-0.25, -0.2) is 23.4 Å². The summed E-state index contributed by atoms with van der Waals surface area (Å²) in [5.74, 6) is 0.647. The minimum absolute atomic E-state index is 0.0539. The van der Waals surface area contributed by atoms with Crippen molar-refractivity contribution in [3.8, 4) is 0 Å². The highest BCUT2D eigenvalue weighted by Crippen LogP contribution is 2.22. The molecule has 8 nitrogen and oxygen atoms in total. The zero-order valence-electron chi connectivity index (χ0n) is 16.8. The van der Waals surface area contributed by atoms with Crippen molar-refractivity contribution >= 4 is 67.1 Å². The fourth-order valence-corrected chi connectivity index (χ4v) is 5.28. The Morgan fingerprint density at radius 2 is 1.76 bits per heavy atom. The minimum atomic E-state index is -3.72. The van der Waals surface area contributed by atoms with E-state index in [2.05, 4.69) is 25.0 Å². The SMILES string of the molecule is O=C(CSc1nccc(Nc2ccc(S(=O)(=O)Nc3nccs3)cc2)n1)c1ccc(Cl)cc1. The lowest BCUT2D eigenvalue weighted by molar-refractivity contribution is 0.102. The molecule has 0 spiro atoms. The maximum atomic E-state index is 12.4. The summed E-state index contributed by atoms with van der Waals surface area (Å²) >= 11 is 8.28. The van der Waals surface area contributed by atoms with Crippen LogP contribution in [0.25, 0.3) is 0 Å². The van der Waals surface area contributed by atoms with Crippen LogP contribution in [0, 0.1) is 0 Å². The zero-order valence-corrected chi connectivity index (χ0v) is 20.0. The summed E-state index contributed by atoms with van der Waals surface area (Å²) in [6.45, 7) is 0. The van der Waals surface area contributed by atoms with E-state index in [9.17, 15) is 13.2 Å². The smallest absolute Gasteiger partial charge is 0.263 e. The van der Waals surface area contributed by atoms with Gasteiger partial charge in [0, 0.05) is 34.0 Å². The van der Waals surface area contributed by atoms with Gasteiger partial charge < -0.3 is 5.32 Å². The third kappa shape index (κ3) is 6.29. The fourth-order valence-electron chi connectivity index (χ4n) is 2.64. The molecule has 2 heterocycles. The van der Waals surface area contributed by atoms with Gasteiger partial charge >= 0.3 is 0 Å². The van der Waals surface area contributed by atoms with Crippen molar-refractivity contribution in [2.24, 2.45) is 0 Å². The van der Waals surface area contributed by atoms with Crippen molar-refractivity contribution in [3.63, 3.8) is 0 Å². The minimum Gasteiger partial charge on any atom is -0.340 e. The number of sulfonamides is 1. The molecule has 2 aromatic carbocycles. The fraction of sp³-hybridized carbons (Fsp3) is 0.0476. The number of hydrogen-bond donors (Lipinski definition) is 2. The van der Waals surface area contributed by atoms with Gasteiger partial charge in [0.2, 0.25) is 0 Å². The van der Waals surface area contributed by atoms with Crippen LogP contribution >= 0.6 is 34.7 Å². The molecule has 4 aromatic rings. The van der Waals surface area contributed by atoms with Crippen molar-refractivity contribution in [3.05, 3.63) is 83.0 Å². The molecule has 2 aromatic heterocycles. The summed E-state index contributed by atoms with van der Waals surface area (Å²) < 4.78 is 27.3. The van der Waals surface area contributed by atoms with Crippen LogP contribution in [0.15, 0.2) is 82.4 Å². The van der Waals surface area contributed by atoms with Gasteiger partial charge in [-0.1, -0.05) is 23.4 Å². The molecule has 0 unspecified atom stereocenters. The van der Waals surface area contributed by atoms with Gasteiger partial charge in [-0.2, -0.15) is 0 Å². The number of benzene rings is 2. The second kappa shape index (κ2) is 10.3. The van der Waals surface area contributed by atoms with Crippen molar-refractivity contribution in [1.29, 1.82) is 0 Å². The third-order valence-electron chi connectivity index (χ3n) is 4.22. The quantitative estimate of drug-likeness (QED) is 0.179. The van der Waals surface area contributed by atoms with E-state index in [0.717, 1.165) is 0 Å². The van der Waals surface area contributed by atoms with E-state index in [1.165, 1.54) is 41.4 Å². The van der Waals surface area contributed by atoms with Crippen LogP contribution in [-0.2, 0) is 10.0 Å². The topological polar surface area (TPSA) is 114 Å². The summed E-state index contributed by atoms with van der Waals surface area (Å²) in [6.07, 6.45) is 3.11. The number of thiazole rings is 1. The van der Waals surface area contributed by atoms with Crippen LogP contribution < -0.4 is 10.0 Å². The Balaban J connectivity index is 1.38. The molecule has 168 valence electrons. The third-order valence-corrected chi connectivity index (χ3v) is 7.51. The molecule has 0 saturated carbocycles. The molecule has 0 fully saturated rings. The van der Waals surface area contributed by atoms with E-state index in [0.29, 0.717) is 32.4 Å². The molecule has 0 bridgehead atoms. The largest absolute Gasteiger partial charge is 0.340 e. The van der Waals surface area contributed by atoms with Gasteiger partial charge in [-0.15, -0.1) is 11.3 Å². The summed E-state index contributed by atoms with van der Waals surface area (Å²) in [5, 5.41) is 6.11. The molecule has 0 amide bonds. The van der Waals surface area contributed by atoms with E-state index >= 15 is 0 Å². The second-order valence-electron chi connectivity index (χ2n) is 6.54. The summed E-state index contributed by atoms with van der Waals surface area (Å²) in [4.78, 5) is 25.0. The number of carbonyl (C=O) groups is 1. The van der Waals surface area contributed by atoms with Gasteiger partial charge in [0.1, 0.15) is 5.82 Å². The molecule has 0 radical (unpaired) electrons. The van der Waals surface area contributed by atoms with Gasteiger partial charge in [-0.05, 0) is 54.6 Å². The van der Waals surface area contributed by atoms with E-state index in [1.807, 2.05) is 0 Å². The van der Waals surface area contributed by atoms with Crippen molar-refractivity contribution in [2.45, 2.75) is 10.1 Å². The van der Waals surface area contributed by atoms with Crippen LogP contribution in [0.5, 0.6) is 0 Å². The number of nitrogens with one attached hydrogen (secondary N) is 2. The maximum Gasteiger partial charge on any atom is 0.263 e. The van der Waals surface area contributed by atoms with Crippen LogP contribution in [-0.4, -0.2) is 34.9 Å². The first-order valence-corrected chi connectivity index (χ1v) is 13.2. The van der Waals surface area contributed by atoms with Gasteiger partial charge in [0.25, 0.3) is 10.0 Å². The number of halogens is 1. The molecule has 0 saturated heterocycles. The number of nitrogens with zero attached hydrogens (tertiary/aromatic N) is 3. The Kier molecular flexibility index (Phi) is 7.23. The van der Waals surface area contributed by atoms with E-state index < -0.39 is 10.0 Å². The van der Waals surface area contributed by atoms with Crippen molar-refractivity contribution in [2.75, 3.05) is 15.8 Å². The van der Waals surface area contributed by atoms with E-state index in [-0.39, 0.29) is 16.4 Å². The Hall–Kier alpha value is -2.99. The number of anilines is 3. The van der Waals surface area contributed by atoms with Gasteiger partial charge in [-0.3, -0.25) is 9.52 Å². The zero-order chi connectivity index (χ0) is 23.3. The number of ketones is 1. The normalized spacial score (nSPS) is 11.2. The monoisotopic (exact) mass is 517 g/mol. The summed E-state index contributed by atoms with van der Waals surface area (Å²) in [6, 6.07) is 14.6.